The van der Waals surface area contributed by atoms with Gasteiger partial charge in [-0.2, -0.15) is 0 Å². The van der Waals surface area contributed by atoms with Gasteiger partial charge in [0.05, 0.1) is 19.0 Å². The standard InChI is InChI=1S/C15H23NO3/c1-15(2)13-7-16(8-14(13)15)6-11(17)9-18-10-12-4-3-5-19-12/h3-5,11,13-14,17H,6-10H2,1-2H3. The summed E-state index contributed by atoms with van der Waals surface area (Å²) in [7, 11) is 0. The third kappa shape index (κ3) is 2.71. The van der Waals surface area contributed by atoms with Crippen molar-refractivity contribution in [2.45, 2.75) is 26.6 Å². The molecule has 0 spiro atoms. The Hall–Kier alpha value is -0.840. The number of hydrogen-bond acceptors (Lipinski definition) is 4. The van der Waals surface area contributed by atoms with Crippen molar-refractivity contribution in [1.82, 2.24) is 4.90 Å². The summed E-state index contributed by atoms with van der Waals surface area (Å²) in [6, 6.07) is 3.72. The summed E-state index contributed by atoms with van der Waals surface area (Å²) in [5.74, 6) is 2.48. The molecule has 1 saturated carbocycles. The predicted octanol–water partition coefficient (Wildman–Crippen LogP) is 1.74. The number of piperidine rings is 1. The molecule has 4 heteroatoms. The van der Waals surface area contributed by atoms with Gasteiger partial charge in [-0.25, -0.2) is 0 Å². The largest absolute Gasteiger partial charge is 0.467 e. The lowest BCUT2D eigenvalue weighted by atomic mass is 10.1. The van der Waals surface area contributed by atoms with Crippen molar-refractivity contribution in [3.63, 3.8) is 0 Å². The van der Waals surface area contributed by atoms with Gasteiger partial charge in [0.25, 0.3) is 0 Å². The summed E-state index contributed by atoms with van der Waals surface area (Å²) in [5.41, 5.74) is 0.539. The molecule has 0 aromatic carbocycles. The van der Waals surface area contributed by atoms with E-state index in [9.17, 15) is 5.11 Å². The lowest BCUT2D eigenvalue weighted by molar-refractivity contribution is 0.00553. The minimum absolute atomic E-state index is 0.371. The van der Waals surface area contributed by atoms with Gasteiger partial charge in [0.15, 0.2) is 0 Å². The van der Waals surface area contributed by atoms with E-state index in [1.165, 1.54) is 0 Å². The highest BCUT2D eigenvalue weighted by Gasteiger charge is 2.61. The van der Waals surface area contributed by atoms with Crippen molar-refractivity contribution in [3.8, 4) is 0 Å². The fourth-order valence-electron chi connectivity index (χ4n) is 3.40. The van der Waals surface area contributed by atoms with Gasteiger partial charge in [0, 0.05) is 19.6 Å². The molecule has 1 aliphatic heterocycles. The van der Waals surface area contributed by atoms with Crippen LogP contribution in [0.15, 0.2) is 22.8 Å². The number of β-amino-alcohol motifs (C(OH)–C–C–N with tert-alkyl or cyclic N) is 1. The van der Waals surface area contributed by atoms with E-state index >= 15 is 0 Å². The fraction of sp³-hybridized carbons (Fsp3) is 0.733. The van der Waals surface area contributed by atoms with E-state index in [0.717, 1.165) is 37.2 Å². The van der Waals surface area contributed by atoms with Gasteiger partial charge < -0.3 is 19.2 Å². The Bertz CT molecular complexity index is 401. The zero-order valence-electron chi connectivity index (χ0n) is 11.7. The number of aliphatic hydroxyl groups excluding tert-OH is 1. The molecule has 3 unspecified atom stereocenters. The van der Waals surface area contributed by atoms with Gasteiger partial charge in [-0.1, -0.05) is 13.8 Å². The van der Waals surface area contributed by atoms with Gasteiger partial charge in [-0.05, 0) is 29.4 Å². The van der Waals surface area contributed by atoms with Crippen molar-refractivity contribution in [2.75, 3.05) is 26.2 Å². The zero-order chi connectivity index (χ0) is 13.5. The van der Waals surface area contributed by atoms with Crippen molar-refractivity contribution < 1.29 is 14.3 Å². The van der Waals surface area contributed by atoms with Gasteiger partial charge in [-0.3, -0.25) is 0 Å². The average Bonchev–Trinajstić information content (AvgIpc) is 2.85. The molecule has 2 aliphatic rings. The molecule has 0 radical (unpaired) electrons. The molecule has 2 fully saturated rings. The minimum Gasteiger partial charge on any atom is -0.467 e. The molecule has 1 N–H and O–H groups in total. The van der Waals surface area contributed by atoms with Crippen molar-refractivity contribution in [2.24, 2.45) is 17.3 Å². The second kappa shape index (κ2) is 4.93. The van der Waals surface area contributed by atoms with Crippen LogP contribution in [0.3, 0.4) is 0 Å². The first-order valence-electron chi connectivity index (χ1n) is 7.08. The average molecular weight is 265 g/mol. The fourth-order valence-corrected chi connectivity index (χ4v) is 3.40. The summed E-state index contributed by atoms with van der Waals surface area (Å²) in [4.78, 5) is 2.36. The molecule has 1 aromatic heterocycles. The topological polar surface area (TPSA) is 45.8 Å². The molecule has 1 aliphatic carbocycles. The number of rotatable bonds is 6. The molecular formula is C15H23NO3. The maximum Gasteiger partial charge on any atom is 0.129 e. The van der Waals surface area contributed by atoms with Crippen LogP contribution in [-0.2, 0) is 11.3 Å². The molecule has 3 atom stereocenters. The number of aliphatic hydroxyl groups is 1. The third-order valence-corrected chi connectivity index (χ3v) is 4.80. The quantitative estimate of drug-likeness (QED) is 0.851. The van der Waals surface area contributed by atoms with Crippen LogP contribution in [0.5, 0.6) is 0 Å². The molecule has 0 bridgehead atoms. The van der Waals surface area contributed by atoms with Crippen LogP contribution in [0, 0.1) is 17.3 Å². The number of furan rings is 1. The van der Waals surface area contributed by atoms with Crippen molar-refractivity contribution in [1.29, 1.82) is 0 Å². The molecule has 3 rings (SSSR count). The number of fused-ring (bicyclic) bond motifs is 1. The number of hydrogen-bond donors (Lipinski definition) is 1. The lowest BCUT2D eigenvalue weighted by Gasteiger charge is -2.24. The van der Waals surface area contributed by atoms with Gasteiger partial charge >= 0.3 is 0 Å². The SMILES string of the molecule is CC1(C)C2CN(CC(O)COCc3ccco3)CC21. The Kier molecular flexibility index (Phi) is 3.41. The van der Waals surface area contributed by atoms with Gasteiger partial charge in [0.1, 0.15) is 12.4 Å². The Morgan fingerprint density at radius 3 is 2.84 bits per heavy atom. The number of nitrogens with zero attached hydrogens (tertiary/aromatic N) is 1. The van der Waals surface area contributed by atoms with E-state index in [0.29, 0.717) is 18.6 Å². The Labute approximate surface area is 114 Å². The first-order chi connectivity index (χ1) is 9.07. The minimum atomic E-state index is -0.407. The van der Waals surface area contributed by atoms with Crippen LogP contribution in [0.4, 0.5) is 0 Å². The normalized spacial score (nSPS) is 30.3. The molecule has 19 heavy (non-hydrogen) atoms. The smallest absolute Gasteiger partial charge is 0.129 e. The summed E-state index contributed by atoms with van der Waals surface area (Å²) in [5, 5.41) is 9.97. The van der Waals surface area contributed by atoms with E-state index in [4.69, 9.17) is 9.15 Å². The predicted molar refractivity (Wildman–Crippen MR) is 71.6 cm³/mol. The monoisotopic (exact) mass is 265 g/mol. The molecule has 1 aromatic rings. The molecule has 0 amide bonds. The number of ether oxygens (including phenoxy) is 1. The third-order valence-electron chi connectivity index (χ3n) is 4.80. The summed E-state index contributed by atoms with van der Waals surface area (Å²) in [6.45, 7) is 8.49. The zero-order valence-corrected chi connectivity index (χ0v) is 11.7. The Balaban J connectivity index is 1.33. The van der Waals surface area contributed by atoms with Crippen LogP contribution < -0.4 is 0 Å². The van der Waals surface area contributed by atoms with Crippen LogP contribution >= 0.6 is 0 Å². The van der Waals surface area contributed by atoms with Crippen LogP contribution in [0.25, 0.3) is 0 Å². The van der Waals surface area contributed by atoms with E-state index in [1.807, 2.05) is 12.1 Å². The maximum atomic E-state index is 9.97. The second-order valence-corrected chi connectivity index (χ2v) is 6.50. The highest BCUT2D eigenvalue weighted by molar-refractivity contribution is 5.11. The van der Waals surface area contributed by atoms with Crippen LogP contribution in [0.2, 0.25) is 0 Å². The van der Waals surface area contributed by atoms with Crippen molar-refractivity contribution in [3.05, 3.63) is 24.2 Å². The summed E-state index contributed by atoms with van der Waals surface area (Å²) < 4.78 is 10.6. The lowest BCUT2D eigenvalue weighted by Crippen LogP contribution is -2.36. The Morgan fingerprint density at radius 1 is 1.47 bits per heavy atom. The Morgan fingerprint density at radius 2 is 2.21 bits per heavy atom. The second-order valence-electron chi connectivity index (χ2n) is 6.50. The van der Waals surface area contributed by atoms with Gasteiger partial charge in [-0.15, -0.1) is 0 Å². The molecule has 4 nitrogen and oxygen atoms in total. The van der Waals surface area contributed by atoms with E-state index in [2.05, 4.69) is 18.7 Å². The van der Waals surface area contributed by atoms with Crippen LogP contribution in [0.1, 0.15) is 19.6 Å². The first kappa shape index (κ1) is 13.2. The van der Waals surface area contributed by atoms with Crippen molar-refractivity contribution >= 4 is 0 Å². The summed E-state index contributed by atoms with van der Waals surface area (Å²) in [6.07, 6.45) is 1.23. The van der Waals surface area contributed by atoms with E-state index in [1.54, 1.807) is 6.26 Å². The van der Waals surface area contributed by atoms with E-state index < -0.39 is 6.10 Å². The van der Waals surface area contributed by atoms with Crippen LogP contribution in [-0.4, -0.2) is 42.4 Å². The highest BCUT2D eigenvalue weighted by atomic mass is 16.5. The molecule has 2 heterocycles. The molecule has 1 saturated heterocycles. The molecular weight excluding hydrogens is 242 g/mol. The first-order valence-corrected chi connectivity index (χ1v) is 7.08. The summed E-state index contributed by atoms with van der Waals surface area (Å²) >= 11 is 0. The van der Waals surface area contributed by atoms with Gasteiger partial charge in [0.2, 0.25) is 0 Å². The maximum absolute atomic E-state index is 9.97. The number of likely N-dealkylation sites (tertiary alicyclic amines) is 1. The highest BCUT2D eigenvalue weighted by Crippen LogP contribution is 2.61. The van der Waals surface area contributed by atoms with E-state index in [-0.39, 0.29) is 0 Å². The molecule has 106 valence electrons.